The van der Waals surface area contributed by atoms with E-state index in [-0.39, 0.29) is 5.54 Å². The van der Waals surface area contributed by atoms with Gasteiger partial charge in [-0.05, 0) is 37.9 Å². The van der Waals surface area contributed by atoms with Gasteiger partial charge in [-0.25, -0.2) is 9.97 Å². The zero-order chi connectivity index (χ0) is 12.6. The third kappa shape index (κ3) is 1.63. The lowest BCUT2D eigenvalue weighted by molar-refractivity contribution is 0.327. The molecule has 2 aromatic heterocycles. The zero-order valence-corrected chi connectivity index (χ0v) is 11.1. The van der Waals surface area contributed by atoms with Crippen LogP contribution >= 0.6 is 0 Å². The molecule has 4 heteroatoms. The highest BCUT2D eigenvalue weighted by Crippen LogP contribution is 2.35. The Morgan fingerprint density at radius 1 is 1.50 bits per heavy atom. The van der Waals surface area contributed by atoms with E-state index in [2.05, 4.69) is 28.8 Å². The van der Waals surface area contributed by atoms with Crippen molar-refractivity contribution >= 4 is 11.2 Å². The van der Waals surface area contributed by atoms with E-state index in [1.807, 2.05) is 18.3 Å². The molecule has 2 aromatic rings. The number of hydrogen-bond acceptors (Lipinski definition) is 3. The summed E-state index contributed by atoms with van der Waals surface area (Å²) >= 11 is 0. The van der Waals surface area contributed by atoms with E-state index in [9.17, 15) is 0 Å². The van der Waals surface area contributed by atoms with Crippen molar-refractivity contribution in [3.8, 4) is 0 Å². The van der Waals surface area contributed by atoms with E-state index >= 15 is 0 Å². The van der Waals surface area contributed by atoms with Crippen molar-refractivity contribution in [3.05, 3.63) is 24.2 Å². The van der Waals surface area contributed by atoms with Gasteiger partial charge >= 0.3 is 0 Å². The molecule has 0 saturated carbocycles. The largest absolute Gasteiger partial charge is 0.314 e. The van der Waals surface area contributed by atoms with Crippen LogP contribution in [0, 0.1) is 0 Å². The fraction of sp³-hybridized carbons (Fsp3) is 0.571. The number of aryl methyl sites for hydroxylation is 1. The molecule has 3 rings (SSSR count). The van der Waals surface area contributed by atoms with Gasteiger partial charge in [-0.2, -0.15) is 0 Å². The molecule has 1 atom stereocenters. The van der Waals surface area contributed by atoms with E-state index in [1.165, 1.54) is 19.3 Å². The lowest BCUT2D eigenvalue weighted by atomic mass is 9.91. The summed E-state index contributed by atoms with van der Waals surface area (Å²) < 4.78 is 2.16. The standard InChI is InChI=1S/C14H20N4/c1-3-7-14(8-5-10-16-14)13-17-11-6-4-9-15-12(11)18(13)2/h4,6,9,16H,3,5,7-8,10H2,1-2H3. The Labute approximate surface area is 107 Å². The minimum atomic E-state index is 0.0597. The van der Waals surface area contributed by atoms with Gasteiger partial charge in [0.1, 0.15) is 11.3 Å². The van der Waals surface area contributed by atoms with Crippen molar-refractivity contribution in [3.63, 3.8) is 0 Å². The monoisotopic (exact) mass is 244 g/mol. The Morgan fingerprint density at radius 3 is 3.06 bits per heavy atom. The van der Waals surface area contributed by atoms with E-state index in [4.69, 9.17) is 4.98 Å². The minimum Gasteiger partial charge on any atom is -0.314 e. The Bertz CT molecular complexity index is 552. The Morgan fingerprint density at radius 2 is 2.39 bits per heavy atom. The first-order valence-corrected chi connectivity index (χ1v) is 6.80. The number of imidazole rings is 1. The lowest BCUT2D eigenvalue weighted by Crippen LogP contribution is -2.39. The predicted octanol–water partition coefficient (Wildman–Crippen LogP) is 2.35. The highest BCUT2D eigenvalue weighted by Gasteiger charge is 2.38. The van der Waals surface area contributed by atoms with Crippen LogP contribution in [-0.2, 0) is 12.6 Å². The van der Waals surface area contributed by atoms with Crippen molar-refractivity contribution in [2.45, 2.75) is 38.1 Å². The first kappa shape index (κ1) is 11.7. The Kier molecular flexibility index (Phi) is 2.82. The molecule has 3 heterocycles. The van der Waals surface area contributed by atoms with Gasteiger partial charge < -0.3 is 9.88 Å². The highest BCUT2D eigenvalue weighted by molar-refractivity contribution is 5.71. The molecule has 18 heavy (non-hydrogen) atoms. The Balaban J connectivity index is 2.14. The number of rotatable bonds is 3. The molecule has 1 unspecified atom stereocenters. The number of nitrogens with one attached hydrogen (secondary N) is 1. The van der Waals surface area contributed by atoms with Crippen LogP contribution in [0.15, 0.2) is 18.3 Å². The van der Waals surface area contributed by atoms with Gasteiger partial charge in [0.25, 0.3) is 0 Å². The molecule has 96 valence electrons. The van der Waals surface area contributed by atoms with Gasteiger partial charge in [0.15, 0.2) is 5.65 Å². The van der Waals surface area contributed by atoms with E-state index in [1.54, 1.807) is 0 Å². The molecule has 1 aliphatic rings. The van der Waals surface area contributed by atoms with Gasteiger partial charge in [-0.15, -0.1) is 0 Å². The lowest BCUT2D eigenvalue weighted by Gasteiger charge is -2.28. The van der Waals surface area contributed by atoms with Crippen LogP contribution in [0.4, 0.5) is 0 Å². The van der Waals surface area contributed by atoms with Crippen molar-refractivity contribution < 1.29 is 0 Å². The van der Waals surface area contributed by atoms with Gasteiger partial charge in [0.05, 0.1) is 5.54 Å². The molecule has 0 amide bonds. The van der Waals surface area contributed by atoms with Crippen LogP contribution in [0.2, 0.25) is 0 Å². The fourth-order valence-corrected chi connectivity index (χ4v) is 3.20. The molecule has 4 nitrogen and oxygen atoms in total. The number of nitrogens with zero attached hydrogens (tertiary/aromatic N) is 3. The van der Waals surface area contributed by atoms with E-state index < -0.39 is 0 Å². The second-order valence-corrected chi connectivity index (χ2v) is 5.20. The summed E-state index contributed by atoms with van der Waals surface area (Å²) in [7, 11) is 2.08. The zero-order valence-electron chi connectivity index (χ0n) is 11.1. The fourth-order valence-electron chi connectivity index (χ4n) is 3.20. The van der Waals surface area contributed by atoms with Gasteiger partial charge in [0.2, 0.25) is 0 Å². The SMILES string of the molecule is CCCC1(c2nc3cccnc3n2C)CCCN1. The normalized spacial score (nSPS) is 23.9. The number of aromatic nitrogens is 3. The molecular formula is C14H20N4. The van der Waals surface area contributed by atoms with Crippen molar-refractivity contribution in [2.75, 3.05) is 6.54 Å². The average molecular weight is 244 g/mol. The molecule has 1 fully saturated rings. The maximum atomic E-state index is 4.82. The van der Waals surface area contributed by atoms with Crippen LogP contribution < -0.4 is 5.32 Å². The maximum absolute atomic E-state index is 4.82. The second kappa shape index (κ2) is 4.35. The molecule has 1 aliphatic heterocycles. The summed E-state index contributed by atoms with van der Waals surface area (Å²) in [5.74, 6) is 1.15. The van der Waals surface area contributed by atoms with E-state index in [0.717, 1.165) is 30.0 Å². The topological polar surface area (TPSA) is 42.7 Å². The summed E-state index contributed by atoms with van der Waals surface area (Å²) in [6, 6.07) is 3.99. The van der Waals surface area contributed by atoms with Gasteiger partial charge in [-0.1, -0.05) is 13.3 Å². The summed E-state index contributed by atoms with van der Waals surface area (Å²) in [6.45, 7) is 3.33. The molecule has 1 N–H and O–H groups in total. The summed E-state index contributed by atoms with van der Waals surface area (Å²) in [5.41, 5.74) is 2.04. The number of pyridine rings is 1. The summed E-state index contributed by atoms with van der Waals surface area (Å²) in [4.78, 5) is 9.26. The Hall–Kier alpha value is -1.42. The van der Waals surface area contributed by atoms with Crippen molar-refractivity contribution in [1.29, 1.82) is 0 Å². The van der Waals surface area contributed by atoms with Crippen molar-refractivity contribution in [2.24, 2.45) is 7.05 Å². The smallest absolute Gasteiger partial charge is 0.159 e. The highest BCUT2D eigenvalue weighted by atomic mass is 15.2. The molecule has 0 spiro atoms. The average Bonchev–Trinajstić information content (AvgIpc) is 2.97. The van der Waals surface area contributed by atoms with Crippen LogP contribution in [0.3, 0.4) is 0 Å². The molecule has 0 aliphatic carbocycles. The number of hydrogen-bond donors (Lipinski definition) is 1. The second-order valence-electron chi connectivity index (χ2n) is 5.20. The first-order chi connectivity index (χ1) is 8.77. The summed E-state index contributed by atoms with van der Waals surface area (Å²) in [5, 5.41) is 3.68. The van der Waals surface area contributed by atoms with Crippen LogP contribution in [0.25, 0.3) is 11.2 Å². The molecule has 1 saturated heterocycles. The predicted molar refractivity (Wildman–Crippen MR) is 72.3 cm³/mol. The third-order valence-electron chi connectivity index (χ3n) is 3.98. The van der Waals surface area contributed by atoms with Crippen LogP contribution in [0.5, 0.6) is 0 Å². The minimum absolute atomic E-state index is 0.0597. The maximum Gasteiger partial charge on any atom is 0.159 e. The molecule has 0 aromatic carbocycles. The number of fused-ring (bicyclic) bond motifs is 1. The van der Waals surface area contributed by atoms with Gasteiger partial charge in [-0.3, -0.25) is 0 Å². The quantitative estimate of drug-likeness (QED) is 0.901. The third-order valence-corrected chi connectivity index (χ3v) is 3.98. The molecule has 0 bridgehead atoms. The van der Waals surface area contributed by atoms with Crippen molar-refractivity contribution in [1.82, 2.24) is 19.9 Å². The first-order valence-electron chi connectivity index (χ1n) is 6.80. The van der Waals surface area contributed by atoms with E-state index in [0.29, 0.717) is 0 Å². The van der Waals surface area contributed by atoms with Crippen LogP contribution in [0.1, 0.15) is 38.4 Å². The van der Waals surface area contributed by atoms with Gasteiger partial charge in [0, 0.05) is 13.2 Å². The summed E-state index contributed by atoms with van der Waals surface area (Å²) in [6.07, 6.45) is 6.56. The van der Waals surface area contributed by atoms with Crippen LogP contribution in [-0.4, -0.2) is 21.1 Å². The molecular weight excluding hydrogens is 224 g/mol. The molecule has 0 radical (unpaired) electrons.